The number of H-pyrrole nitrogens is 1. The summed E-state index contributed by atoms with van der Waals surface area (Å²) in [5.41, 5.74) is 8.16. The number of aromatic amines is 1. The Labute approximate surface area is 173 Å². The van der Waals surface area contributed by atoms with Gasteiger partial charge < -0.3 is 25.5 Å². The van der Waals surface area contributed by atoms with Gasteiger partial charge in [-0.25, -0.2) is 14.4 Å². The van der Waals surface area contributed by atoms with Crippen LogP contribution in [0.1, 0.15) is 24.0 Å². The number of nitrogens with two attached hydrogens (primary N) is 1. The van der Waals surface area contributed by atoms with Crippen LogP contribution in [0.2, 0.25) is 0 Å². The van der Waals surface area contributed by atoms with E-state index in [9.17, 15) is 9.18 Å². The van der Waals surface area contributed by atoms with E-state index < -0.39 is 11.9 Å². The summed E-state index contributed by atoms with van der Waals surface area (Å²) >= 11 is 0. The van der Waals surface area contributed by atoms with Crippen molar-refractivity contribution in [3.63, 3.8) is 0 Å². The number of hydrogen-bond acceptors (Lipinski definition) is 6. The Hall–Kier alpha value is -3.04. The standard InChI is InChI=1S/C21H24FN5O3/c1-12-10-24-19-18(12)21(26-11-25-19)30-17-3-2-13(8-15(17)22)9-16(23)20(28)27-14-4-6-29-7-5-14/h2-3,8,10-11,14,16H,4-7,9,23H2,1H3,(H,27,28)(H,24,25,26). The molecule has 9 heteroatoms. The average Bonchev–Trinajstić information content (AvgIpc) is 3.12. The van der Waals surface area contributed by atoms with Crippen LogP contribution in [0.5, 0.6) is 11.6 Å². The molecule has 30 heavy (non-hydrogen) atoms. The summed E-state index contributed by atoms with van der Waals surface area (Å²) in [6, 6.07) is 3.86. The van der Waals surface area contributed by atoms with Crippen LogP contribution in [0, 0.1) is 12.7 Å². The van der Waals surface area contributed by atoms with E-state index >= 15 is 0 Å². The van der Waals surface area contributed by atoms with Gasteiger partial charge in [0.25, 0.3) is 0 Å². The maximum Gasteiger partial charge on any atom is 0.237 e. The summed E-state index contributed by atoms with van der Waals surface area (Å²) in [7, 11) is 0. The lowest BCUT2D eigenvalue weighted by molar-refractivity contribution is -0.123. The fourth-order valence-electron chi connectivity index (χ4n) is 3.52. The summed E-state index contributed by atoms with van der Waals surface area (Å²) in [5.74, 6) is -0.476. The van der Waals surface area contributed by atoms with E-state index in [2.05, 4.69) is 20.3 Å². The second kappa shape index (κ2) is 8.76. The molecule has 0 aliphatic carbocycles. The third-order valence-corrected chi connectivity index (χ3v) is 5.20. The van der Waals surface area contributed by atoms with Gasteiger partial charge in [0.15, 0.2) is 11.6 Å². The molecule has 1 aromatic carbocycles. The number of halogens is 1. The van der Waals surface area contributed by atoms with Gasteiger partial charge in [-0.2, -0.15) is 0 Å². The lowest BCUT2D eigenvalue weighted by Crippen LogP contribution is -2.48. The summed E-state index contributed by atoms with van der Waals surface area (Å²) in [6.07, 6.45) is 4.92. The number of ether oxygens (including phenoxy) is 2. The summed E-state index contributed by atoms with van der Waals surface area (Å²) in [5, 5.41) is 3.64. The zero-order valence-electron chi connectivity index (χ0n) is 16.7. The first-order chi connectivity index (χ1) is 14.5. The molecule has 1 saturated heterocycles. The second-order valence-electron chi connectivity index (χ2n) is 7.45. The minimum Gasteiger partial charge on any atom is -0.435 e. The Morgan fingerprint density at radius 1 is 1.40 bits per heavy atom. The molecule has 0 radical (unpaired) electrons. The molecule has 158 valence electrons. The normalized spacial score (nSPS) is 15.8. The van der Waals surface area contributed by atoms with Gasteiger partial charge in [0.05, 0.1) is 11.4 Å². The van der Waals surface area contributed by atoms with Crippen LogP contribution in [0.25, 0.3) is 11.0 Å². The minimum absolute atomic E-state index is 0.0413. The zero-order valence-corrected chi connectivity index (χ0v) is 16.7. The van der Waals surface area contributed by atoms with E-state index in [1.807, 2.05) is 6.92 Å². The molecule has 0 spiro atoms. The Bertz CT molecular complexity index is 1050. The van der Waals surface area contributed by atoms with Crippen molar-refractivity contribution in [1.29, 1.82) is 0 Å². The predicted octanol–water partition coefficient (Wildman–Crippen LogP) is 2.36. The van der Waals surface area contributed by atoms with E-state index in [0.717, 1.165) is 18.4 Å². The van der Waals surface area contributed by atoms with Crippen LogP contribution < -0.4 is 15.8 Å². The quantitative estimate of drug-likeness (QED) is 0.571. The van der Waals surface area contributed by atoms with Gasteiger partial charge in [0, 0.05) is 25.5 Å². The molecule has 3 aromatic rings. The molecule has 0 bridgehead atoms. The number of aryl methyl sites for hydroxylation is 1. The number of rotatable bonds is 6. The van der Waals surface area contributed by atoms with Gasteiger partial charge in [-0.15, -0.1) is 0 Å². The van der Waals surface area contributed by atoms with Crippen molar-refractivity contribution in [1.82, 2.24) is 20.3 Å². The highest BCUT2D eigenvalue weighted by atomic mass is 19.1. The van der Waals surface area contributed by atoms with Crippen molar-refractivity contribution in [3.8, 4) is 11.6 Å². The van der Waals surface area contributed by atoms with Crippen LogP contribution in [0.4, 0.5) is 4.39 Å². The highest BCUT2D eigenvalue weighted by Gasteiger charge is 2.21. The zero-order chi connectivity index (χ0) is 21.1. The second-order valence-corrected chi connectivity index (χ2v) is 7.45. The number of carbonyl (C=O) groups is 1. The molecule has 1 aliphatic heterocycles. The number of aromatic nitrogens is 3. The van der Waals surface area contributed by atoms with Crippen molar-refractivity contribution in [2.45, 2.75) is 38.3 Å². The highest BCUT2D eigenvalue weighted by Crippen LogP contribution is 2.30. The molecule has 2 aromatic heterocycles. The first-order valence-corrected chi connectivity index (χ1v) is 9.90. The van der Waals surface area contributed by atoms with E-state index in [-0.39, 0.29) is 30.0 Å². The number of nitrogens with zero attached hydrogens (tertiary/aromatic N) is 2. The van der Waals surface area contributed by atoms with Crippen molar-refractivity contribution < 1.29 is 18.7 Å². The largest absolute Gasteiger partial charge is 0.435 e. The van der Waals surface area contributed by atoms with E-state index in [0.29, 0.717) is 29.8 Å². The molecule has 1 amide bonds. The molecule has 8 nitrogen and oxygen atoms in total. The highest BCUT2D eigenvalue weighted by molar-refractivity contribution is 5.84. The number of hydrogen-bond donors (Lipinski definition) is 3. The number of benzene rings is 1. The molecule has 3 heterocycles. The molecular formula is C21H24FN5O3. The first kappa shape index (κ1) is 20.2. The molecule has 1 aliphatic rings. The van der Waals surface area contributed by atoms with Gasteiger partial charge in [0.2, 0.25) is 11.8 Å². The van der Waals surface area contributed by atoms with Crippen molar-refractivity contribution in [2.75, 3.05) is 13.2 Å². The maximum absolute atomic E-state index is 14.7. The van der Waals surface area contributed by atoms with Crippen LogP contribution in [-0.4, -0.2) is 46.2 Å². The topological polar surface area (TPSA) is 115 Å². The van der Waals surface area contributed by atoms with Gasteiger partial charge in [-0.3, -0.25) is 4.79 Å². The lowest BCUT2D eigenvalue weighted by atomic mass is 10.0. The van der Waals surface area contributed by atoms with Crippen LogP contribution in [0.3, 0.4) is 0 Å². The summed E-state index contributed by atoms with van der Waals surface area (Å²) in [6.45, 7) is 3.16. The Kier molecular flexibility index (Phi) is 5.91. The Balaban J connectivity index is 1.42. The monoisotopic (exact) mass is 413 g/mol. The molecule has 1 unspecified atom stereocenters. The fourth-order valence-corrected chi connectivity index (χ4v) is 3.52. The van der Waals surface area contributed by atoms with Crippen LogP contribution >= 0.6 is 0 Å². The molecule has 1 atom stereocenters. The van der Waals surface area contributed by atoms with Gasteiger partial charge in [-0.1, -0.05) is 6.07 Å². The average molecular weight is 413 g/mol. The molecule has 0 saturated carbocycles. The van der Waals surface area contributed by atoms with Crippen LogP contribution in [0.15, 0.2) is 30.7 Å². The van der Waals surface area contributed by atoms with Crippen LogP contribution in [-0.2, 0) is 16.0 Å². The Morgan fingerprint density at radius 2 is 2.20 bits per heavy atom. The predicted molar refractivity (Wildman–Crippen MR) is 109 cm³/mol. The van der Waals surface area contributed by atoms with Crippen molar-refractivity contribution in [3.05, 3.63) is 47.7 Å². The molecular weight excluding hydrogens is 389 g/mol. The summed E-state index contributed by atoms with van der Waals surface area (Å²) in [4.78, 5) is 23.6. The van der Waals surface area contributed by atoms with E-state index in [1.54, 1.807) is 12.3 Å². The van der Waals surface area contributed by atoms with E-state index in [1.165, 1.54) is 18.5 Å². The first-order valence-electron chi connectivity index (χ1n) is 9.90. The van der Waals surface area contributed by atoms with Gasteiger partial charge >= 0.3 is 0 Å². The lowest BCUT2D eigenvalue weighted by Gasteiger charge is -2.24. The van der Waals surface area contributed by atoms with Crippen molar-refractivity contribution in [2.24, 2.45) is 5.73 Å². The molecule has 4 N–H and O–H groups in total. The smallest absolute Gasteiger partial charge is 0.237 e. The Morgan fingerprint density at radius 3 is 2.97 bits per heavy atom. The number of nitrogens with one attached hydrogen (secondary N) is 2. The minimum atomic E-state index is -0.761. The number of fused-ring (bicyclic) bond motifs is 1. The van der Waals surface area contributed by atoms with Gasteiger partial charge in [0.1, 0.15) is 12.0 Å². The SMILES string of the molecule is Cc1c[nH]c2ncnc(Oc3ccc(CC(N)C(=O)NC4CCOCC4)cc3F)c12. The third-order valence-electron chi connectivity index (χ3n) is 5.20. The number of carbonyl (C=O) groups excluding carboxylic acids is 1. The summed E-state index contributed by atoms with van der Waals surface area (Å²) < 4.78 is 25.6. The number of amides is 1. The van der Waals surface area contributed by atoms with Gasteiger partial charge in [-0.05, 0) is 49.4 Å². The van der Waals surface area contributed by atoms with Crippen molar-refractivity contribution >= 4 is 16.9 Å². The van der Waals surface area contributed by atoms with E-state index in [4.69, 9.17) is 15.2 Å². The fraction of sp³-hybridized carbons (Fsp3) is 0.381. The maximum atomic E-state index is 14.7. The third kappa shape index (κ3) is 4.42. The molecule has 4 rings (SSSR count). The molecule has 1 fully saturated rings.